The number of thioether (sulfide) groups is 1. The van der Waals surface area contributed by atoms with E-state index >= 15 is 0 Å². The molecule has 2 aliphatic heterocycles. The van der Waals surface area contributed by atoms with Crippen molar-refractivity contribution in [2.45, 2.75) is 44.0 Å². The number of piperazine rings is 1. The molecule has 2 rings (SSSR count). The molecule has 0 bridgehead atoms. The van der Waals surface area contributed by atoms with E-state index < -0.39 is 0 Å². The van der Waals surface area contributed by atoms with E-state index in [9.17, 15) is 4.79 Å². The predicted molar refractivity (Wildman–Crippen MR) is 62.7 cm³/mol. The van der Waals surface area contributed by atoms with Gasteiger partial charge in [-0.2, -0.15) is 0 Å². The minimum atomic E-state index is 0.255. The largest absolute Gasteiger partial charge is 0.338 e. The zero-order valence-corrected chi connectivity index (χ0v) is 10.5. The molecule has 0 aromatic heterocycles. The Morgan fingerprint density at radius 1 is 1.67 bits per heavy atom. The fraction of sp³-hybridized carbons (Fsp3) is 0.909. The zero-order chi connectivity index (χ0) is 10.9. The number of unbranched alkanes of at least 4 members (excludes halogenated alkanes) is 1. The third-order valence-electron chi connectivity index (χ3n) is 3.58. The second-order valence-corrected chi connectivity index (χ2v) is 5.92. The van der Waals surface area contributed by atoms with Gasteiger partial charge in [-0.3, -0.25) is 4.79 Å². The van der Waals surface area contributed by atoms with Gasteiger partial charge in [0.05, 0.1) is 18.8 Å². The fourth-order valence-electron chi connectivity index (χ4n) is 2.66. The van der Waals surface area contributed by atoms with E-state index in [0.717, 1.165) is 13.1 Å². The van der Waals surface area contributed by atoms with Gasteiger partial charge in [0, 0.05) is 6.42 Å². The number of hydrogen-bond acceptors (Lipinski definition) is 2. The lowest BCUT2D eigenvalue weighted by Crippen LogP contribution is -3.02. The summed E-state index contributed by atoms with van der Waals surface area (Å²) in [6.45, 7) is 6.57. The highest BCUT2D eigenvalue weighted by atomic mass is 32.2. The highest BCUT2D eigenvalue weighted by molar-refractivity contribution is 8.01. The fourth-order valence-corrected chi connectivity index (χ4v) is 4.12. The van der Waals surface area contributed by atoms with Gasteiger partial charge in [0.2, 0.25) is 5.91 Å². The average molecular weight is 229 g/mol. The van der Waals surface area contributed by atoms with E-state index in [1.807, 2.05) is 11.8 Å². The number of carbonyl (C=O) groups excluding carboxylic acids is 1. The molecular weight excluding hydrogens is 208 g/mol. The number of fused-ring (bicyclic) bond motifs is 1. The van der Waals surface area contributed by atoms with Gasteiger partial charge in [-0.1, -0.05) is 13.3 Å². The second kappa shape index (κ2) is 4.34. The molecule has 4 heteroatoms. The van der Waals surface area contributed by atoms with E-state index in [-0.39, 0.29) is 5.54 Å². The van der Waals surface area contributed by atoms with Crippen molar-refractivity contribution in [2.75, 3.05) is 18.8 Å². The van der Waals surface area contributed by atoms with Crippen LogP contribution in [0.5, 0.6) is 0 Å². The molecule has 0 aromatic rings. The average Bonchev–Trinajstić information content (AvgIpc) is 2.60. The molecule has 1 amide bonds. The molecule has 2 aliphatic rings. The number of nitrogens with two attached hydrogens (primary N) is 1. The molecule has 0 radical (unpaired) electrons. The standard InChI is InChI=1S/C11H20N2OS/c1-3-4-5-11(2)10-13(7-6-12-11)9(14)8-15-10/h10,12H,3-8H2,1-2H3/p+1/t10-,11+/m0/s1. The molecule has 2 heterocycles. The molecule has 0 saturated carbocycles. The second-order valence-electron chi connectivity index (χ2n) is 4.85. The molecule has 2 N–H and O–H groups in total. The Labute approximate surface area is 96.0 Å². The summed E-state index contributed by atoms with van der Waals surface area (Å²) in [7, 11) is 0. The van der Waals surface area contributed by atoms with E-state index in [4.69, 9.17) is 0 Å². The first-order chi connectivity index (χ1) is 7.17. The Bertz CT molecular complexity index is 259. The summed E-state index contributed by atoms with van der Waals surface area (Å²) in [6.07, 6.45) is 3.74. The smallest absolute Gasteiger partial charge is 0.233 e. The van der Waals surface area contributed by atoms with Gasteiger partial charge in [-0.15, -0.1) is 11.8 Å². The zero-order valence-electron chi connectivity index (χ0n) is 9.66. The van der Waals surface area contributed by atoms with Crippen LogP contribution in [0.3, 0.4) is 0 Å². The Morgan fingerprint density at radius 3 is 3.20 bits per heavy atom. The van der Waals surface area contributed by atoms with Crippen molar-refractivity contribution in [1.82, 2.24) is 4.90 Å². The molecule has 2 atom stereocenters. The number of hydrogen-bond donors (Lipinski definition) is 1. The Kier molecular flexibility index (Phi) is 3.26. The summed E-state index contributed by atoms with van der Waals surface area (Å²) in [5.41, 5.74) is 0.255. The number of nitrogens with zero attached hydrogens (tertiary/aromatic N) is 1. The van der Waals surface area contributed by atoms with Crippen LogP contribution in [-0.2, 0) is 4.79 Å². The van der Waals surface area contributed by atoms with Gasteiger partial charge in [0.25, 0.3) is 0 Å². The number of rotatable bonds is 3. The molecule has 2 saturated heterocycles. The van der Waals surface area contributed by atoms with Gasteiger partial charge >= 0.3 is 0 Å². The Morgan fingerprint density at radius 2 is 2.47 bits per heavy atom. The van der Waals surface area contributed by atoms with Gasteiger partial charge in [0.15, 0.2) is 0 Å². The van der Waals surface area contributed by atoms with Crippen LogP contribution in [0.25, 0.3) is 0 Å². The molecule has 15 heavy (non-hydrogen) atoms. The summed E-state index contributed by atoms with van der Waals surface area (Å²) >= 11 is 1.84. The van der Waals surface area contributed by atoms with Crippen LogP contribution in [0.4, 0.5) is 0 Å². The first kappa shape index (κ1) is 11.3. The van der Waals surface area contributed by atoms with Crippen LogP contribution < -0.4 is 5.32 Å². The lowest BCUT2D eigenvalue weighted by Gasteiger charge is -2.41. The summed E-state index contributed by atoms with van der Waals surface area (Å²) < 4.78 is 0. The quantitative estimate of drug-likeness (QED) is 0.761. The van der Waals surface area contributed by atoms with E-state index in [0.29, 0.717) is 17.0 Å². The van der Waals surface area contributed by atoms with Crippen molar-refractivity contribution in [2.24, 2.45) is 0 Å². The number of amides is 1. The van der Waals surface area contributed by atoms with Crippen molar-refractivity contribution >= 4 is 17.7 Å². The third kappa shape index (κ3) is 2.02. The summed E-state index contributed by atoms with van der Waals surface area (Å²) in [6, 6.07) is 0. The predicted octanol–water partition coefficient (Wildman–Crippen LogP) is 0.414. The van der Waals surface area contributed by atoms with Crippen molar-refractivity contribution in [3.05, 3.63) is 0 Å². The van der Waals surface area contributed by atoms with Crippen LogP contribution in [-0.4, -0.2) is 40.6 Å². The van der Waals surface area contributed by atoms with E-state index in [1.54, 1.807) is 0 Å². The lowest BCUT2D eigenvalue weighted by atomic mass is 9.92. The Balaban J connectivity index is 2.08. The molecule has 2 fully saturated rings. The monoisotopic (exact) mass is 229 g/mol. The minimum absolute atomic E-state index is 0.255. The van der Waals surface area contributed by atoms with Crippen molar-refractivity contribution in [3.63, 3.8) is 0 Å². The molecule has 3 nitrogen and oxygen atoms in total. The van der Waals surface area contributed by atoms with Crippen molar-refractivity contribution in [1.29, 1.82) is 0 Å². The molecular formula is C11H21N2OS+. The van der Waals surface area contributed by atoms with Crippen molar-refractivity contribution < 1.29 is 10.1 Å². The van der Waals surface area contributed by atoms with Crippen LogP contribution in [0.2, 0.25) is 0 Å². The van der Waals surface area contributed by atoms with Crippen LogP contribution in [0.1, 0.15) is 33.1 Å². The van der Waals surface area contributed by atoms with Crippen LogP contribution in [0.15, 0.2) is 0 Å². The Hall–Kier alpha value is -0.220. The molecule has 0 aliphatic carbocycles. The van der Waals surface area contributed by atoms with Gasteiger partial charge < -0.3 is 10.2 Å². The number of carbonyl (C=O) groups is 1. The third-order valence-corrected chi connectivity index (χ3v) is 5.10. The number of quaternary nitrogens is 1. The summed E-state index contributed by atoms with van der Waals surface area (Å²) in [5, 5.41) is 2.88. The maximum absolute atomic E-state index is 11.7. The van der Waals surface area contributed by atoms with Gasteiger partial charge in [-0.25, -0.2) is 0 Å². The van der Waals surface area contributed by atoms with Gasteiger partial charge in [0.1, 0.15) is 10.9 Å². The molecule has 0 aromatic carbocycles. The highest BCUT2D eigenvalue weighted by Crippen LogP contribution is 2.34. The first-order valence-corrected chi connectivity index (χ1v) is 6.98. The summed E-state index contributed by atoms with van der Waals surface area (Å²) in [5.74, 6) is 1.04. The SMILES string of the molecule is CCCC[C@@]1(C)[NH2+]CCN2C(=O)CS[C@H]21. The van der Waals surface area contributed by atoms with Crippen molar-refractivity contribution in [3.8, 4) is 0 Å². The van der Waals surface area contributed by atoms with Crippen LogP contribution in [0, 0.1) is 0 Å². The van der Waals surface area contributed by atoms with Gasteiger partial charge in [-0.05, 0) is 13.3 Å². The minimum Gasteiger partial charge on any atom is -0.338 e. The highest BCUT2D eigenvalue weighted by Gasteiger charge is 2.49. The van der Waals surface area contributed by atoms with Crippen LogP contribution >= 0.6 is 11.8 Å². The molecule has 0 spiro atoms. The topological polar surface area (TPSA) is 36.9 Å². The summed E-state index contributed by atoms with van der Waals surface area (Å²) in [4.78, 5) is 13.8. The normalized spacial score (nSPS) is 35.7. The molecule has 86 valence electrons. The first-order valence-electron chi connectivity index (χ1n) is 5.93. The van der Waals surface area contributed by atoms with E-state index in [1.165, 1.54) is 19.3 Å². The lowest BCUT2D eigenvalue weighted by molar-refractivity contribution is -0.735. The van der Waals surface area contributed by atoms with E-state index in [2.05, 4.69) is 24.1 Å². The maximum Gasteiger partial charge on any atom is 0.233 e. The maximum atomic E-state index is 11.7. The molecule has 0 unspecified atom stereocenters.